The number of primary amides is 3. The number of aliphatic hydroxyl groups is 1. The first-order chi connectivity index (χ1) is 22.6. The van der Waals surface area contributed by atoms with Crippen LogP contribution in [-0.2, 0) is 31.3 Å². The summed E-state index contributed by atoms with van der Waals surface area (Å²) in [6, 6.07) is 14.9. The molecule has 1 fully saturated rings. The van der Waals surface area contributed by atoms with Crippen LogP contribution in [0.15, 0.2) is 66.7 Å². The molecule has 0 radical (unpaired) electrons. The van der Waals surface area contributed by atoms with E-state index in [0.29, 0.717) is 22.0 Å². The molecule has 1 aliphatic rings. The van der Waals surface area contributed by atoms with E-state index < -0.39 is 59.2 Å². The molecule has 0 aliphatic carbocycles. The molecule has 8 N–H and O–H groups in total. The summed E-state index contributed by atoms with van der Waals surface area (Å²) < 4.78 is 10.6. The van der Waals surface area contributed by atoms with Crippen molar-refractivity contribution in [2.45, 2.75) is 24.1 Å². The summed E-state index contributed by atoms with van der Waals surface area (Å²) >= 11 is 12.2. The van der Waals surface area contributed by atoms with Gasteiger partial charge in [0.15, 0.2) is 0 Å². The number of hydrogen-bond donors (Lipinski definition) is 5. The third kappa shape index (κ3) is 5.61. The summed E-state index contributed by atoms with van der Waals surface area (Å²) in [6.45, 7) is -0.745. The number of methoxy groups -OCH3 is 2. The molecule has 1 saturated heterocycles. The maximum atomic E-state index is 14.7. The number of nitrogens with zero attached hydrogens (tertiary/aromatic N) is 2. The van der Waals surface area contributed by atoms with Gasteiger partial charge in [0.05, 0.1) is 24.3 Å². The van der Waals surface area contributed by atoms with Crippen LogP contribution in [0.3, 0.4) is 0 Å². The Labute approximate surface area is 285 Å². The molecule has 4 rings (SSSR count). The second kappa shape index (κ2) is 13.6. The summed E-state index contributed by atoms with van der Waals surface area (Å²) in [4.78, 5) is 72.4. The number of piperidine rings is 1. The maximum absolute atomic E-state index is 14.7. The molecule has 0 bridgehead atoms. The molecule has 254 valence electrons. The van der Waals surface area contributed by atoms with Crippen LogP contribution >= 0.6 is 23.2 Å². The first-order valence-electron chi connectivity index (χ1n) is 14.3. The zero-order chi connectivity index (χ0) is 35.6. The summed E-state index contributed by atoms with van der Waals surface area (Å²) in [5.74, 6) is -5.74. The topological polar surface area (TPSA) is 221 Å². The average molecular weight is 702 g/mol. The van der Waals surface area contributed by atoms with E-state index in [-0.39, 0.29) is 27.8 Å². The van der Waals surface area contributed by atoms with Crippen LogP contribution in [0.2, 0.25) is 10.0 Å². The van der Waals surface area contributed by atoms with Gasteiger partial charge in [-0.1, -0.05) is 53.5 Å². The Balaban J connectivity index is 2.00. The Hall–Kier alpha value is -5.05. The van der Waals surface area contributed by atoms with Crippen LogP contribution in [0, 0.1) is 5.41 Å². The Morgan fingerprint density at radius 3 is 1.96 bits per heavy atom. The number of amides is 6. The number of hydrogen-bond acceptors (Lipinski definition) is 8. The van der Waals surface area contributed by atoms with Crippen molar-refractivity contribution in [3.63, 3.8) is 0 Å². The first-order valence-corrected chi connectivity index (χ1v) is 15.1. The van der Waals surface area contributed by atoms with Crippen molar-refractivity contribution in [1.82, 2.24) is 9.80 Å². The molecule has 3 aromatic carbocycles. The van der Waals surface area contributed by atoms with Crippen molar-refractivity contribution in [1.29, 1.82) is 0 Å². The minimum atomic E-state index is -3.37. The number of nitrogens with one attached hydrogen (secondary N) is 1. The fraction of sp³-hybridized carbons (Fsp3) is 0.281. The third-order valence-electron chi connectivity index (χ3n) is 8.51. The van der Waals surface area contributed by atoms with Gasteiger partial charge in [-0.25, -0.2) is 4.79 Å². The quantitative estimate of drug-likeness (QED) is 0.196. The van der Waals surface area contributed by atoms with Gasteiger partial charge in [-0.2, -0.15) is 0 Å². The Kier molecular flexibility index (Phi) is 10.1. The number of anilines is 1. The molecule has 3 aromatic rings. The van der Waals surface area contributed by atoms with Gasteiger partial charge in [-0.15, -0.1) is 0 Å². The number of carbonyl (C=O) groups excluding carboxylic acids is 5. The highest BCUT2D eigenvalue weighted by atomic mass is 35.5. The fourth-order valence-corrected chi connectivity index (χ4v) is 6.65. The highest BCUT2D eigenvalue weighted by Crippen LogP contribution is 2.56. The SMILES string of the molecule is COc1cc(CN(C)C(=O)N2CCC(O)(c3ccccc3)C(C(N)=O)(C(N)=O)C2(C(N)=O)C(=O)Nc2ccc(Cl)c(Cl)c2)cc(OC)c1. The van der Waals surface area contributed by atoms with Crippen molar-refractivity contribution in [3.05, 3.63) is 87.9 Å². The standard InChI is InChI=1S/C32H34Cl2N6O8/c1-39(17-18-13-21(47-2)16-22(14-18)48-3)29(45)40-12-11-30(46,19-7-5-4-6-8-19)31(25(35)41,26(36)42)32(40,27(37)43)28(44)38-20-9-10-23(33)24(34)15-20/h4-10,13-16,46H,11-12,17H2,1-3H3,(H2,35,41)(H2,36,42)(H2,37,43)(H,38,44). The highest BCUT2D eigenvalue weighted by molar-refractivity contribution is 6.42. The molecular formula is C32H34Cl2N6O8. The number of rotatable bonds is 10. The van der Waals surface area contributed by atoms with Gasteiger partial charge < -0.3 is 46.9 Å². The van der Waals surface area contributed by atoms with Gasteiger partial charge in [0.25, 0.3) is 11.8 Å². The van der Waals surface area contributed by atoms with Gasteiger partial charge in [-0.05, 0) is 47.9 Å². The average Bonchev–Trinajstić information content (AvgIpc) is 3.05. The van der Waals surface area contributed by atoms with Crippen LogP contribution in [0.4, 0.5) is 10.5 Å². The number of nitrogens with two attached hydrogens (primary N) is 3. The van der Waals surface area contributed by atoms with Crippen molar-refractivity contribution in [2.24, 2.45) is 22.6 Å². The smallest absolute Gasteiger partial charge is 0.321 e. The fourth-order valence-electron chi connectivity index (χ4n) is 6.35. The van der Waals surface area contributed by atoms with Gasteiger partial charge in [0.1, 0.15) is 17.1 Å². The number of urea groups is 1. The highest BCUT2D eigenvalue weighted by Gasteiger charge is 2.81. The maximum Gasteiger partial charge on any atom is 0.321 e. The minimum absolute atomic E-state index is 0.00975. The lowest BCUT2D eigenvalue weighted by atomic mass is 9.51. The Bertz CT molecular complexity index is 1740. The summed E-state index contributed by atoms with van der Waals surface area (Å²) in [5, 5.41) is 15.0. The number of carbonyl (C=O) groups is 5. The molecule has 1 heterocycles. The number of benzene rings is 3. The molecule has 2 unspecified atom stereocenters. The predicted molar refractivity (Wildman–Crippen MR) is 176 cm³/mol. The van der Waals surface area contributed by atoms with Crippen molar-refractivity contribution < 1.29 is 38.6 Å². The van der Waals surface area contributed by atoms with E-state index in [4.69, 9.17) is 49.9 Å². The molecular weight excluding hydrogens is 667 g/mol. The van der Waals surface area contributed by atoms with Crippen LogP contribution in [0.25, 0.3) is 0 Å². The zero-order valence-electron chi connectivity index (χ0n) is 26.2. The molecule has 0 spiro atoms. The van der Waals surface area contributed by atoms with Crippen LogP contribution in [-0.4, -0.2) is 77.9 Å². The molecule has 0 aromatic heterocycles. The lowest BCUT2D eigenvalue weighted by Crippen LogP contribution is -2.86. The predicted octanol–water partition coefficient (Wildman–Crippen LogP) is 1.98. The number of halogens is 2. The summed E-state index contributed by atoms with van der Waals surface area (Å²) in [7, 11) is 4.22. The molecule has 14 nitrogen and oxygen atoms in total. The summed E-state index contributed by atoms with van der Waals surface area (Å²) in [5.41, 5.74) is 8.71. The van der Waals surface area contributed by atoms with E-state index in [9.17, 15) is 29.1 Å². The normalized spacial score (nSPS) is 19.9. The second-order valence-corrected chi connectivity index (χ2v) is 11.9. The van der Waals surface area contributed by atoms with E-state index >= 15 is 0 Å². The number of ether oxygens (including phenoxy) is 2. The Morgan fingerprint density at radius 1 is 0.875 bits per heavy atom. The van der Waals surface area contributed by atoms with E-state index in [1.807, 2.05) is 0 Å². The van der Waals surface area contributed by atoms with Crippen LogP contribution < -0.4 is 32.0 Å². The molecule has 1 aliphatic heterocycles. The molecule has 2 atom stereocenters. The minimum Gasteiger partial charge on any atom is -0.497 e. The zero-order valence-corrected chi connectivity index (χ0v) is 27.7. The Morgan fingerprint density at radius 2 is 1.46 bits per heavy atom. The largest absolute Gasteiger partial charge is 0.497 e. The number of likely N-dealkylation sites (tertiary alicyclic amines) is 1. The van der Waals surface area contributed by atoms with Crippen molar-refractivity contribution >= 4 is 58.5 Å². The van der Waals surface area contributed by atoms with E-state index in [0.717, 1.165) is 4.90 Å². The van der Waals surface area contributed by atoms with Gasteiger partial charge in [0.2, 0.25) is 22.8 Å². The molecule has 16 heteroatoms. The van der Waals surface area contributed by atoms with Crippen molar-refractivity contribution in [3.8, 4) is 11.5 Å². The first kappa shape index (κ1) is 35.8. The van der Waals surface area contributed by atoms with Gasteiger partial charge in [0, 0.05) is 31.9 Å². The second-order valence-electron chi connectivity index (χ2n) is 11.1. The van der Waals surface area contributed by atoms with E-state index in [1.165, 1.54) is 63.7 Å². The molecule has 0 saturated carbocycles. The third-order valence-corrected chi connectivity index (χ3v) is 9.25. The van der Waals surface area contributed by atoms with E-state index in [2.05, 4.69) is 5.32 Å². The lowest BCUT2D eigenvalue weighted by Gasteiger charge is -2.59. The van der Waals surface area contributed by atoms with E-state index in [1.54, 1.807) is 24.3 Å². The monoisotopic (exact) mass is 700 g/mol. The van der Waals surface area contributed by atoms with Crippen molar-refractivity contribution in [2.75, 3.05) is 33.1 Å². The van der Waals surface area contributed by atoms with Crippen LogP contribution in [0.1, 0.15) is 17.5 Å². The molecule has 6 amide bonds. The van der Waals surface area contributed by atoms with Gasteiger partial charge >= 0.3 is 6.03 Å². The summed E-state index contributed by atoms with van der Waals surface area (Å²) in [6.07, 6.45) is -0.579. The molecule has 48 heavy (non-hydrogen) atoms. The van der Waals surface area contributed by atoms with Gasteiger partial charge in [-0.3, -0.25) is 19.2 Å². The van der Waals surface area contributed by atoms with Crippen LogP contribution in [0.5, 0.6) is 11.5 Å². The lowest BCUT2D eigenvalue weighted by molar-refractivity contribution is -0.206.